The van der Waals surface area contributed by atoms with Gasteiger partial charge in [-0.15, -0.1) is 0 Å². The number of hydrogen-bond donors (Lipinski definition) is 1. The fourth-order valence-corrected chi connectivity index (χ4v) is 2.60. The van der Waals surface area contributed by atoms with E-state index in [9.17, 15) is 9.59 Å². The summed E-state index contributed by atoms with van der Waals surface area (Å²) in [7, 11) is 0. The van der Waals surface area contributed by atoms with Crippen LogP contribution in [0.4, 0.5) is 4.79 Å². The van der Waals surface area contributed by atoms with Crippen LogP contribution in [0.2, 0.25) is 0 Å². The summed E-state index contributed by atoms with van der Waals surface area (Å²) < 4.78 is 10.3. The van der Waals surface area contributed by atoms with Gasteiger partial charge in [-0.1, -0.05) is 78.6 Å². The molecule has 0 aliphatic heterocycles. The van der Waals surface area contributed by atoms with Crippen LogP contribution in [0.25, 0.3) is 0 Å². The van der Waals surface area contributed by atoms with Crippen LogP contribution >= 0.6 is 0 Å². The van der Waals surface area contributed by atoms with Gasteiger partial charge in [0.15, 0.2) is 0 Å². The summed E-state index contributed by atoms with van der Waals surface area (Å²) >= 11 is 0. The van der Waals surface area contributed by atoms with Crippen LogP contribution in [0.3, 0.4) is 0 Å². The van der Waals surface area contributed by atoms with Crippen LogP contribution in [0.15, 0.2) is 0 Å². The standard InChI is InChI=1S/C20H39NO4/c1-4-7-8-9-10-11-12-13-14-17-24-19(22)18(15-5-2)21-20(23)25-16-6-3/h18H,4-17H2,1-3H3,(H,21,23). The van der Waals surface area contributed by atoms with E-state index in [1.165, 1.54) is 44.9 Å². The number of carbonyl (C=O) groups is 2. The Labute approximate surface area is 154 Å². The summed E-state index contributed by atoms with van der Waals surface area (Å²) in [5.41, 5.74) is 0. The van der Waals surface area contributed by atoms with E-state index in [1.54, 1.807) is 0 Å². The lowest BCUT2D eigenvalue weighted by Gasteiger charge is -2.16. The molecule has 0 saturated heterocycles. The summed E-state index contributed by atoms with van der Waals surface area (Å²) in [6.07, 6.45) is 12.6. The smallest absolute Gasteiger partial charge is 0.407 e. The van der Waals surface area contributed by atoms with Gasteiger partial charge in [-0.2, -0.15) is 0 Å². The molecule has 0 bridgehead atoms. The molecule has 148 valence electrons. The van der Waals surface area contributed by atoms with Crippen molar-refractivity contribution in [2.45, 2.75) is 104 Å². The zero-order valence-electron chi connectivity index (χ0n) is 16.6. The molecule has 1 amide bonds. The summed E-state index contributed by atoms with van der Waals surface area (Å²) in [4.78, 5) is 23.7. The van der Waals surface area contributed by atoms with Gasteiger partial charge in [0, 0.05) is 0 Å². The highest BCUT2D eigenvalue weighted by molar-refractivity contribution is 5.81. The lowest BCUT2D eigenvalue weighted by molar-refractivity contribution is -0.146. The van der Waals surface area contributed by atoms with E-state index in [0.717, 1.165) is 25.7 Å². The van der Waals surface area contributed by atoms with E-state index in [4.69, 9.17) is 9.47 Å². The lowest BCUT2D eigenvalue weighted by Crippen LogP contribution is -2.42. The quantitative estimate of drug-likeness (QED) is 0.298. The average Bonchev–Trinajstić information content (AvgIpc) is 2.61. The Kier molecular flexibility index (Phi) is 16.7. The van der Waals surface area contributed by atoms with Crippen molar-refractivity contribution in [2.24, 2.45) is 0 Å². The van der Waals surface area contributed by atoms with Crippen LogP contribution < -0.4 is 5.32 Å². The second kappa shape index (κ2) is 17.6. The number of carbonyl (C=O) groups excluding carboxylic acids is 2. The largest absolute Gasteiger partial charge is 0.464 e. The van der Waals surface area contributed by atoms with Crippen molar-refractivity contribution in [3.8, 4) is 0 Å². The van der Waals surface area contributed by atoms with Crippen molar-refractivity contribution in [3.63, 3.8) is 0 Å². The normalized spacial score (nSPS) is 11.8. The van der Waals surface area contributed by atoms with Crippen molar-refractivity contribution in [3.05, 3.63) is 0 Å². The fraction of sp³-hybridized carbons (Fsp3) is 0.900. The van der Waals surface area contributed by atoms with Crippen LogP contribution in [0, 0.1) is 0 Å². The summed E-state index contributed by atoms with van der Waals surface area (Å²) in [6, 6.07) is -0.604. The molecule has 0 radical (unpaired) electrons. The van der Waals surface area contributed by atoms with Gasteiger partial charge in [-0.25, -0.2) is 9.59 Å². The second-order valence-corrected chi connectivity index (χ2v) is 6.62. The number of hydrogen-bond acceptors (Lipinski definition) is 4. The van der Waals surface area contributed by atoms with Gasteiger partial charge in [-0.05, 0) is 19.3 Å². The number of amides is 1. The second-order valence-electron chi connectivity index (χ2n) is 6.62. The highest BCUT2D eigenvalue weighted by atomic mass is 16.6. The average molecular weight is 358 g/mol. The molecular weight excluding hydrogens is 318 g/mol. The number of nitrogens with one attached hydrogen (secondary N) is 1. The molecule has 0 rings (SSSR count). The van der Waals surface area contributed by atoms with Crippen molar-refractivity contribution in [1.82, 2.24) is 5.32 Å². The van der Waals surface area contributed by atoms with Crippen molar-refractivity contribution >= 4 is 12.1 Å². The molecule has 0 fully saturated rings. The third-order valence-corrected chi connectivity index (χ3v) is 4.08. The van der Waals surface area contributed by atoms with Crippen LogP contribution in [0.5, 0.6) is 0 Å². The van der Waals surface area contributed by atoms with Gasteiger partial charge in [0.25, 0.3) is 0 Å². The number of alkyl carbamates (subject to hydrolysis) is 1. The van der Waals surface area contributed by atoms with Gasteiger partial charge in [0.1, 0.15) is 6.04 Å². The Morgan fingerprint density at radius 3 is 1.88 bits per heavy atom. The highest BCUT2D eigenvalue weighted by Crippen LogP contribution is 2.10. The first-order chi connectivity index (χ1) is 12.2. The van der Waals surface area contributed by atoms with E-state index in [0.29, 0.717) is 19.6 Å². The van der Waals surface area contributed by atoms with E-state index < -0.39 is 12.1 Å². The first kappa shape index (κ1) is 23.7. The molecular formula is C20H39NO4. The Morgan fingerprint density at radius 1 is 0.720 bits per heavy atom. The minimum Gasteiger partial charge on any atom is -0.464 e. The fourth-order valence-electron chi connectivity index (χ4n) is 2.60. The topological polar surface area (TPSA) is 64.6 Å². The Hall–Kier alpha value is -1.26. The van der Waals surface area contributed by atoms with Crippen molar-refractivity contribution in [2.75, 3.05) is 13.2 Å². The van der Waals surface area contributed by atoms with Crippen LogP contribution in [0.1, 0.15) is 97.8 Å². The van der Waals surface area contributed by atoms with E-state index in [-0.39, 0.29) is 5.97 Å². The molecule has 0 spiro atoms. The molecule has 0 aromatic carbocycles. The first-order valence-corrected chi connectivity index (χ1v) is 10.3. The Bertz CT molecular complexity index is 334. The number of ether oxygens (including phenoxy) is 2. The Balaban J connectivity index is 3.75. The third kappa shape index (κ3) is 14.8. The van der Waals surface area contributed by atoms with E-state index in [2.05, 4.69) is 12.2 Å². The lowest BCUT2D eigenvalue weighted by atomic mass is 10.1. The summed E-state index contributed by atoms with van der Waals surface area (Å²) in [5, 5.41) is 2.60. The molecule has 1 N–H and O–H groups in total. The zero-order valence-corrected chi connectivity index (χ0v) is 16.6. The molecule has 0 heterocycles. The van der Waals surface area contributed by atoms with Crippen LogP contribution in [-0.4, -0.2) is 31.3 Å². The highest BCUT2D eigenvalue weighted by Gasteiger charge is 2.21. The molecule has 0 saturated carbocycles. The van der Waals surface area contributed by atoms with Crippen molar-refractivity contribution < 1.29 is 19.1 Å². The zero-order chi connectivity index (χ0) is 18.8. The molecule has 1 unspecified atom stereocenters. The van der Waals surface area contributed by atoms with E-state index in [1.807, 2.05) is 13.8 Å². The van der Waals surface area contributed by atoms with Gasteiger partial charge >= 0.3 is 12.1 Å². The molecule has 1 atom stereocenters. The molecule has 5 heteroatoms. The maximum Gasteiger partial charge on any atom is 0.407 e. The molecule has 0 aliphatic carbocycles. The number of rotatable bonds is 16. The molecule has 0 aromatic heterocycles. The maximum absolute atomic E-state index is 12.1. The molecule has 5 nitrogen and oxygen atoms in total. The predicted octanol–water partition coefficient (Wildman–Crippen LogP) is 5.37. The van der Waals surface area contributed by atoms with Gasteiger partial charge in [-0.3, -0.25) is 0 Å². The minimum absolute atomic E-state index is 0.352. The number of esters is 1. The number of unbranched alkanes of at least 4 members (excludes halogenated alkanes) is 8. The molecule has 0 aliphatic rings. The van der Waals surface area contributed by atoms with Gasteiger partial charge in [0.05, 0.1) is 13.2 Å². The molecule has 0 aromatic rings. The van der Waals surface area contributed by atoms with E-state index >= 15 is 0 Å². The van der Waals surface area contributed by atoms with Gasteiger partial charge < -0.3 is 14.8 Å². The third-order valence-electron chi connectivity index (χ3n) is 4.08. The SMILES string of the molecule is CCCCCCCCCCCOC(=O)C(CCC)NC(=O)OCCC. The van der Waals surface area contributed by atoms with Crippen LogP contribution in [-0.2, 0) is 14.3 Å². The Morgan fingerprint density at radius 2 is 1.32 bits per heavy atom. The summed E-state index contributed by atoms with van der Waals surface area (Å²) in [5.74, 6) is -0.352. The predicted molar refractivity (Wildman–Crippen MR) is 102 cm³/mol. The van der Waals surface area contributed by atoms with Crippen molar-refractivity contribution in [1.29, 1.82) is 0 Å². The minimum atomic E-state index is -0.604. The monoisotopic (exact) mass is 357 g/mol. The molecule has 25 heavy (non-hydrogen) atoms. The maximum atomic E-state index is 12.1. The van der Waals surface area contributed by atoms with Gasteiger partial charge in [0.2, 0.25) is 0 Å². The first-order valence-electron chi connectivity index (χ1n) is 10.3. The summed E-state index contributed by atoms with van der Waals surface area (Å²) in [6.45, 7) is 6.92.